The van der Waals surface area contributed by atoms with E-state index in [0.717, 1.165) is 11.8 Å². The quantitative estimate of drug-likeness (QED) is 0.526. The summed E-state index contributed by atoms with van der Waals surface area (Å²) in [6, 6.07) is 0. The van der Waals surface area contributed by atoms with Gasteiger partial charge in [-0.15, -0.1) is 0 Å². The van der Waals surface area contributed by atoms with Crippen LogP contribution in [0, 0.1) is 29.6 Å². The van der Waals surface area contributed by atoms with Crippen molar-refractivity contribution in [3.05, 3.63) is 0 Å². The molecule has 3 rings (SSSR count). The van der Waals surface area contributed by atoms with Gasteiger partial charge in [0.05, 0.1) is 0 Å². The standard InChI is InChI=1S/C11H18.C2H6/c1-7-5-8-6-11(7)10-4-2-3-9(8)10;1-2/h7-11H,2-6H2,1H3;1-2H3. The van der Waals surface area contributed by atoms with Crippen LogP contribution in [0.25, 0.3) is 0 Å². The first-order chi connectivity index (χ1) is 6.36. The molecule has 5 atom stereocenters. The molecule has 0 aliphatic heterocycles. The molecule has 3 fully saturated rings. The third-order valence-corrected chi connectivity index (χ3v) is 4.76. The van der Waals surface area contributed by atoms with Crippen LogP contribution in [0.4, 0.5) is 0 Å². The molecule has 0 aromatic carbocycles. The number of hydrogen-bond acceptors (Lipinski definition) is 0. The molecule has 0 N–H and O–H groups in total. The highest BCUT2D eigenvalue weighted by atomic mass is 14.6. The largest absolute Gasteiger partial charge is 0.0683 e. The van der Waals surface area contributed by atoms with Gasteiger partial charge in [0, 0.05) is 0 Å². The van der Waals surface area contributed by atoms with E-state index in [4.69, 9.17) is 0 Å². The van der Waals surface area contributed by atoms with Crippen LogP contribution in [-0.4, -0.2) is 0 Å². The minimum atomic E-state index is 1.08. The van der Waals surface area contributed by atoms with Crippen molar-refractivity contribution in [2.24, 2.45) is 29.6 Å². The van der Waals surface area contributed by atoms with Gasteiger partial charge in [-0.25, -0.2) is 0 Å². The van der Waals surface area contributed by atoms with Crippen LogP contribution in [0.15, 0.2) is 0 Å². The van der Waals surface area contributed by atoms with Gasteiger partial charge in [0.2, 0.25) is 0 Å². The molecule has 2 bridgehead atoms. The summed E-state index contributed by atoms with van der Waals surface area (Å²) in [5.41, 5.74) is 0. The van der Waals surface area contributed by atoms with Gasteiger partial charge in [0.15, 0.2) is 0 Å². The summed E-state index contributed by atoms with van der Waals surface area (Å²) in [6.07, 6.45) is 7.89. The van der Waals surface area contributed by atoms with E-state index >= 15 is 0 Å². The third-order valence-electron chi connectivity index (χ3n) is 4.76. The summed E-state index contributed by atoms with van der Waals surface area (Å²) in [6.45, 7) is 6.49. The van der Waals surface area contributed by atoms with Crippen molar-refractivity contribution in [2.45, 2.75) is 52.9 Å². The lowest BCUT2D eigenvalue weighted by atomic mass is 9.77. The van der Waals surface area contributed by atoms with E-state index in [9.17, 15) is 0 Å². The lowest BCUT2D eigenvalue weighted by molar-refractivity contribution is 0.201. The maximum Gasteiger partial charge on any atom is -0.0352 e. The minimum Gasteiger partial charge on any atom is -0.0683 e. The SMILES string of the molecule is CC.CC1CC2CC1C1CCCC21. The Kier molecular flexibility index (Phi) is 2.67. The molecule has 0 heterocycles. The monoisotopic (exact) mass is 180 g/mol. The molecule has 0 nitrogen and oxygen atoms in total. The molecule has 0 saturated heterocycles. The maximum absolute atomic E-state index is 2.49. The number of fused-ring (bicyclic) bond motifs is 5. The zero-order valence-electron chi connectivity index (χ0n) is 9.42. The summed E-state index contributed by atoms with van der Waals surface area (Å²) < 4.78 is 0. The fourth-order valence-electron chi connectivity index (χ4n) is 4.41. The van der Waals surface area contributed by atoms with Crippen molar-refractivity contribution >= 4 is 0 Å². The average Bonchev–Trinajstić information content (AvgIpc) is 2.76. The van der Waals surface area contributed by atoms with Gasteiger partial charge in [-0.05, 0) is 55.3 Å². The summed E-state index contributed by atoms with van der Waals surface area (Å²) in [5.74, 6) is 5.79. The van der Waals surface area contributed by atoms with Crippen molar-refractivity contribution in [1.82, 2.24) is 0 Å². The van der Waals surface area contributed by atoms with Gasteiger partial charge in [-0.3, -0.25) is 0 Å². The first kappa shape index (κ1) is 9.55. The molecule has 0 radical (unpaired) electrons. The smallest absolute Gasteiger partial charge is 0.0352 e. The van der Waals surface area contributed by atoms with Crippen molar-refractivity contribution in [1.29, 1.82) is 0 Å². The van der Waals surface area contributed by atoms with Crippen molar-refractivity contribution < 1.29 is 0 Å². The topological polar surface area (TPSA) is 0 Å². The van der Waals surface area contributed by atoms with Gasteiger partial charge < -0.3 is 0 Å². The number of hydrogen-bond donors (Lipinski definition) is 0. The van der Waals surface area contributed by atoms with Gasteiger partial charge in [0.1, 0.15) is 0 Å². The molecule has 76 valence electrons. The summed E-state index contributed by atoms with van der Waals surface area (Å²) in [7, 11) is 0. The predicted octanol–water partition coefficient (Wildman–Crippen LogP) is 4.10. The average molecular weight is 180 g/mol. The molecule has 3 aliphatic rings. The van der Waals surface area contributed by atoms with E-state index in [1.165, 1.54) is 17.8 Å². The molecule has 0 heteroatoms. The van der Waals surface area contributed by atoms with Crippen LogP contribution in [0.1, 0.15) is 52.9 Å². The summed E-state index contributed by atoms with van der Waals surface area (Å²) in [4.78, 5) is 0. The Hall–Kier alpha value is 0. The van der Waals surface area contributed by atoms with E-state index < -0.39 is 0 Å². The van der Waals surface area contributed by atoms with Crippen molar-refractivity contribution in [2.75, 3.05) is 0 Å². The Balaban J connectivity index is 0.000000308. The Morgan fingerprint density at radius 1 is 0.846 bits per heavy atom. The van der Waals surface area contributed by atoms with E-state index in [0.29, 0.717) is 0 Å². The molecular weight excluding hydrogens is 156 g/mol. The van der Waals surface area contributed by atoms with Crippen molar-refractivity contribution in [3.8, 4) is 0 Å². The number of rotatable bonds is 0. The maximum atomic E-state index is 2.49. The van der Waals surface area contributed by atoms with Crippen molar-refractivity contribution in [3.63, 3.8) is 0 Å². The van der Waals surface area contributed by atoms with E-state index in [2.05, 4.69) is 6.92 Å². The second-order valence-electron chi connectivity index (χ2n) is 5.13. The lowest BCUT2D eigenvalue weighted by Crippen LogP contribution is -2.22. The van der Waals surface area contributed by atoms with Crippen LogP contribution in [-0.2, 0) is 0 Å². The third kappa shape index (κ3) is 1.33. The van der Waals surface area contributed by atoms with Gasteiger partial charge in [-0.1, -0.05) is 27.2 Å². The van der Waals surface area contributed by atoms with Crippen LogP contribution in [0.2, 0.25) is 0 Å². The van der Waals surface area contributed by atoms with Gasteiger partial charge in [0.25, 0.3) is 0 Å². The fraction of sp³-hybridized carbons (Fsp3) is 1.00. The van der Waals surface area contributed by atoms with Crippen LogP contribution >= 0.6 is 0 Å². The molecule has 0 spiro atoms. The van der Waals surface area contributed by atoms with E-state index in [-0.39, 0.29) is 0 Å². The molecule has 5 unspecified atom stereocenters. The normalized spacial score (nSPS) is 51.5. The molecule has 0 aromatic heterocycles. The van der Waals surface area contributed by atoms with Gasteiger partial charge in [-0.2, -0.15) is 0 Å². The molecule has 0 amide bonds. The van der Waals surface area contributed by atoms with Crippen LogP contribution in [0.3, 0.4) is 0 Å². The zero-order chi connectivity index (χ0) is 9.42. The summed E-state index contributed by atoms with van der Waals surface area (Å²) >= 11 is 0. The lowest BCUT2D eigenvalue weighted by Gasteiger charge is -2.29. The Morgan fingerprint density at radius 2 is 1.54 bits per heavy atom. The second kappa shape index (κ2) is 3.63. The Labute approximate surface area is 83.1 Å². The highest BCUT2D eigenvalue weighted by Gasteiger charge is 2.52. The zero-order valence-corrected chi connectivity index (χ0v) is 9.42. The van der Waals surface area contributed by atoms with Crippen LogP contribution in [0.5, 0.6) is 0 Å². The highest BCUT2D eigenvalue weighted by Crippen LogP contribution is 2.60. The molecule has 3 aliphatic carbocycles. The Morgan fingerprint density at radius 3 is 2.31 bits per heavy atom. The molecule has 0 aromatic rings. The fourth-order valence-corrected chi connectivity index (χ4v) is 4.41. The second-order valence-corrected chi connectivity index (χ2v) is 5.13. The first-order valence-electron chi connectivity index (χ1n) is 6.36. The first-order valence-corrected chi connectivity index (χ1v) is 6.36. The van der Waals surface area contributed by atoms with E-state index in [1.807, 2.05) is 13.8 Å². The highest BCUT2D eigenvalue weighted by molar-refractivity contribution is 5.01. The molecule has 3 saturated carbocycles. The Bertz CT molecular complexity index is 173. The van der Waals surface area contributed by atoms with Gasteiger partial charge >= 0.3 is 0 Å². The predicted molar refractivity (Wildman–Crippen MR) is 57.6 cm³/mol. The molecule has 13 heavy (non-hydrogen) atoms. The summed E-state index contributed by atoms with van der Waals surface area (Å²) in [5, 5.41) is 0. The molecular formula is C13H24. The van der Waals surface area contributed by atoms with Crippen LogP contribution < -0.4 is 0 Å². The van der Waals surface area contributed by atoms with E-state index in [1.54, 1.807) is 32.1 Å². The minimum absolute atomic E-state index is 1.08.